The second-order valence-electron chi connectivity index (χ2n) is 12.0. The highest BCUT2D eigenvalue weighted by molar-refractivity contribution is 5.46. The normalized spacial score (nSPS) is 41.3. The Morgan fingerprint density at radius 3 is 1.54 bits per heavy atom. The van der Waals surface area contributed by atoms with Gasteiger partial charge in [0.15, 0.2) is 0 Å². The molecule has 4 unspecified atom stereocenters. The molecule has 0 amide bonds. The van der Waals surface area contributed by atoms with E-state index in [4.69, 9.17) is 0 Å². The fourth-order valence-corrected chi connectivity index (χ4v) is 6.94. The Balaban J connectivity index is 1.30. The molecule has 0 fully saturated rings. The van der Waals surface area contributed by atoms with E-state index in [-0.39, 0.29) is 23.7 Å². The molecule has 10 aliphatic carbocycles. The molecule has 4 atom stereocenters. The summed E-state index contributed by atoms with van der Waals surface area (Å²) in [5.74, 6) is 0.325. The molecule has 4 nitrogen and oxygen atoms in total. The number of allylic oxidation sites excluding steroid dienone is 2. The van der Waals surface area contributed by atoms with Crippen molar-refractivity contribution in [3.05, 3.63) is 144 Å². The zero-order chi connectivity index (χ0) is 26.9. The van der Waals surface area contributed by atoms with Gasteiger partial charge in [0.2, 0.25) is 0 Å². The first-order valence-corrected chi connectivity index (χ1v) is 14.0. The molecule has 4 N–H and O–H groups in total. The van der Waals surface area contributed by atoms with Crippen molar-refractivity contribution < 1.29 is 20.4 Å². The predicted octanol–water partition coefficient (Wildman–Crippen LogP) is 5.20. The van der Waals surface area contributed by atoms with Crippen LogP contribution in [0.15, 0.2) is 121 Å². The summed E-state index contributed by atoms with van der Waals surface area (Å²) in [7, 11) is 0. The van der Waals surface area contributed by atoms with Crippen molar-refractivity contribution in [2.24, 2.45) is 11.8 Å². The van der Waals surface area contributed by atoms with Gasteiger partial charge in [0.1, 0.15) is 22.4 Å². The maximum Gasteiger partial charge on any atom is 0.127 e. The molecule has 0 aliphatic heterocycles. The van der Waals surface area contributed by atoms with E-state index in [0.717, 1.165) is 19.3 Å². The molecule has 12 rings (SSSR count). The number of benzene rings is 2. The second-order valence-corrected chi connectivity index (χ2v) is 12.0. The number of fused-ring (bicyclic) bond motifs is 1. The smallest absolute Gasteiger partial charge is 0.127 e. The first kappa shape index (κ1) is 24.7. The van der Waals surface area contributed by atoms with Crippen molar-refractivity contribution >= 4 is 0 Å². The van der Waals surface area contributed by atoms with Crippen LogP contribution in [0.25, 0.3) is 0 Å². The Kier molecular flexibility index (Phi) is 5.46. The molecule has 0 saturated heterocycles. The number of hydrogen-bond donors (Lipinski definition) is 4. The molecule has 2 aromatic rings. The first-order chi connectivity index (χ1) is 18.7. The lowest BCUT2D eigenvalue weighted by molar-refractivity contribution is 0.0713. The van der Waals surface area contributed by atoms with Crippen molar-refractivity contribution in [1.82, 2.24) is 0 Å². The third-order valence-corrected chi connectivity index (χ3v) is 9.63. The summed E-state index contributed by atoms with van der Waals surface area (Å²) in [4.78, 5) is 0. The highest BCUT2D eigenvalue weighted by Crippen LogP contribution is 2.45. The SMILES string of the molecule is O[C@]12C=C[C@](O)(C=C1)C1C=CC(CC1)c1cccc(c1)C1C=CC(C1)[C@]1(O)C=C[C@@](O)(C=C1)c1ccc2cc1. The maximum atomic E-state index is 11.5. The molecule has 0 saturated carbocycles. The highest BCUT2D eigenvalue weighted by Gasteiger charge is 2.41. The third kappa shape index (κ3) is 4.06. The summed E-state index contributed by atoms with van der Waals surface area (Å²) in [5.41, 5.74) is -1.24. The van der Waals surface area contributed by atoms with Crippen LogP contribution in [0, 0.1) is 11.8 Å². The minimum absolute atomic E-state index is 0.0724. The Labute approximate surface area is 229 Å². The number of aliphatic hydroxyl groups is 4. The zero-order valence-electron chi connectivity index (χ0n) is 21.8. The van der Waals surface area contributed by atoms with Crippen molar-refractivity contribution in [3.8, 4) is 0 Å². The molecule has 4 heteroatoms. The largest absolute Gasteiger partial charge is 0.381 e. The third-order valence-electron chi connectivity index (χ3n) is 9.63. The summed E-state index contributed by atoms with van der Waals surface area (Å²) in [6.45, 7) is 0. The van der Waals surface area contributed by atoms with E-state index in [1.807, 2.05) is 0 Å². The Morgan fingerprint density at radius 1 is 0.513 bits per heavy atom. The minimum Gasteiger partial charge on any atom is -0.381 e. The van der Waals surface area contributed by atoms with E-state index in [1.54, 1.807) is 72.9 Å². The van der Waals surface area contributed by atoms with Crippen LogP contribution < -0.4 is 0 Å². The van der Waals surface area contributed by atoms with Crippen LogP contribution in [0.1, 0.15) is 53.4 Å². The fourth-order valence-electron chi connectivity index (χ4n) is 6.94. The van der Waals surface area contributed by atoms with Gasteiger partial charge in [-0.3, -0.25) is 0 Å². The van der Waals surface area contributed by atoms with Gasteiger partial charge < -0.3 is 20.4 Å². The highest BCUT2D eigenvalue weighted by atomic mass is 16.3. The first-order valence-electron chi connectivity index (χ1n) is 14.0. The topological polar surface area (TPSA) is 80.9 Å². The molecule has 198 valence electrons. The van der Waals surface area contributed by atoms with E-state index < -0.39 is 22.4 Å². The standard InChI is InChI=1S/C35H34O4/c36-32-14-16-33(37,17-15-32)29-10-12-30(13-11-29)34(38)18-20-35(39,21-19-34)31-9-6-27(23-31)26-3-1-2-25(22-26)24-4-7-28(32)8-5-24/h1-4,6-7,9-22,24,27-28,31,36-39H,5,8,23H2/t24?,27?,28?,31?,32-,33+,34-,35+. The average molecular weight is 519 g/mol. The van der Waals surface area contributed by atoms with E-state index in [9.17, 15) is 20.4 Å². The average Bonchev–Trinajstić information content (AvgIpc) is 3.48. The predicted molar refractivity (Wildman–Crippen MR) is 152 cm³/mol. The van der Waals surface area contributed by atoms with Gasteiger partial charge in [-0.1, -0.05) is 72.8 Å². The van der Waals surface area contributed by atoms with Crippen LogP contribution in [-0.2, 0) is 11.2 Å². The molecule has 12 bridgehead atoms. The van der Waals surface area contributed by atoms with Gasteiger partial charge in [0.25, 0.3) is 0 Å². The lowest BCUT2D eigenvalue weighted by atomic mass is 9.72. The van der Waals surface area contributed by atoms with Gasteiger partial charge in [-0.05, 0) is 90.1 Å². The summed E-state index contributed by atoms with van der Waals surface area (Å²) >= 11 is 0. The van der Waals surface area contributed by atoms with Gasteiger partial charge in [0, 0.05) is 23.7 Å². The van der Waals surface area contributed by atoms with E-state index >= 15 is 0 Å². The fraction of sp³-hybridized carbons (Fsp3) is 0.314. The van der Waals surface area contributed by atoms with Gasteiger partial charge in [-0.2, -0.15) is 0 Å². The summed E-state index contributed by atoms with van der Waals surface area (Å²) < 4.78 is 0. The molecule has 0 spiro atoms. The lowest BCUT2D eigenvalue weighted by Crippen LogP contribution is -2.38. The monoisotopic (exact) mass is 518 g/mol. The molecule has 10 aliphatic rings. The van der Waals surface area contributed by atoms with Crippen LogP contribution in [0.5, 0.6) is 0 Å². The molecular formula is C35H34O4. The van der Waals surface area contributed by atoms with Gasteiger partial charge >= 0.3 is 0 Å². The lowest BCUT2D eigenvalue weighted by Gasteiger charge is -2.37. The van der Waals surface area contributed by atoms with Gasteiger partial charge in [-0.25, -0.2) is 0 Å². The molecule has 0 heterocycles. The quantitative estimate of drug-likeness (QED) is 0.362. The van der Waals surface area contributed by atoms with Crippen LogP contribution in [-0.4, -0.2) is 31.6 Å². The van der Waals surface area contributed by atoms with Crippen molar-refractivity contribution in [2.45, 2.75) is 53.5 Å². The van der Waals surface area contributed by atoms with Gasteiger partial charge in [-0.15, -0.1) is 0 Å². The van der Waals surface area contributed by atoms with E-state index in [0.29, 0.717) is 11.1 Å². The number of hydrogen-bond acceptors (Lipinski definition) is 4. The maximum absolute atomic E-state index is 11.5. The zero-order valence-corrected chi connectivity index (χ0v) is 21.8. The summed E-state index contributed by atoms with van der Waals surface area (Å²) in [6.07, 6.45) is 24.7. The van der Waals surface area contributed by atoms with Crippen molar-refractivity contribution in [1.29, 1.82) is 0 Å². The summed E-state index contributed by atoms with van der Waals surface area (Å²) in [6, 6.07) is 15.9. The van der Waals surface area contributed by atoms with E-state index in [1.165, 1.54) is 11.1 Å². The molecule has 2 aromatic carbocycles. The van der Waals surface area contributed by atoms with E-state index in [2.05, 4.69) is 48.6 Å². The number of rotatable bonds is 0. The molecule has 0 aromatic heterocycles. The Hall–Kier alpha value is -3.28. The summed E-state index contributed by atoms with van der Waals surface area (Å²) in [5, 5.41) is 45.8. The Morgan fingerprint density at radius 2 is 1.00 bits per heavy atom. The van der Waals surface area contributed by atoms with Crippen molar-refractivity contribution in [2.75, 3.05) is 0 Å². The Bertz CT molecular complexity index is 1440. The minimum atomic E-state index is -1.36. The van der Waals surface area contributed by atoms with Crippen LogP contribution >= 0.6 is 0 Å². The second kappa shape index (κ2) is 8.61. The van der Waals surface area contributed by atoms with Crippen LogP contribution in [0.3, 0.4) is 0 Å². The molecule has 0 radical (unpaired) electrons. The molecule has 39 heavy (non-hydrogen) atoms. The van der Waals surface area contributed by atoms with Crippen LogP contribution in [0.4, 0.5) is 0 Å². The van der Waals surface area contributed by atoms with Crippen LogP contribution in [0.2, 0.25) is 0 Å². The van der Waals surface area contributed by atoms with Crippen molar-refractivity contribution in [3.63, 3.8) is 0 Å². The molecular weight excluding hydrogens is 484 g/mol. The van der Waals surface area contributed by atoms with Gasteiger partial charge in [0.05, 0.1) is 0 Å².